The summed E-state index contributed by atoms with van der Waals surface area (Å²) in [5.41, 5.74) is 0. The van der Waals surface area contributed by atoms with Gasteiger partial charge in [-0.3, -0.25) is 9.59 Å². The molecule has 0 aromatic carbocycles. The van der Waals surface area contributed by atoms with Crippen molar-refractivity contribution in [2.24, 2.45) is 0 Å². The molecule has 0 spiro atoms. The van der Waals surface area contributed by atoms with Crippen LogP contribution in [0.3, 0.4) is 0 Å². The molecule has 3 N–H and O–H groups in total. The Balaban J connectivity index is 3.45. The van der Waals surface area contributed by atoms with Crippen molar-refractivity contribution in [3.63, 3.8) is 0 Å². The van der Waals surface area contributed by atoms with Gasteiger partial charge in [-0.2, -0.15) is 0 Å². The van der Waals surface area contributed by atoms with Gasteiger partial charge in [-0.25, -0.2) is 0 Å². The first kappa shape index (κ1) is 60.3. The highest BCUT2D eigenvalue weighted by Crippen LogP contribution is 2.16. The van der Waals surface area contributed by atoms with E-state index in [1.807, 2.05) is 0 Å². The van der Waals surface area contributed by atoms with E-state index in [1.165, 1.54) is 205 Å². The molecule has 62 heavy (non-hydrogen) atoms. The van der Waals surface area contributed by atoms with Gasteiger partial charge in [0.05, 0.1) is 25.4 Å². The first-order valence-corrected chi connectivity index (χ1v) is 27.6. The second-order valence-electron chi connectivity index (χ2n) is 18.9. The van der Waals surface area contributed by atoms with Gasteiger partial charge in [0.15, 0.2) is 0 Å². The van der Waals surface area contributed by atoms with Crippen molar-refractivity contribution in [1.29, 1.82) is 0 Å². The van der Waals surface area contributed by atoms with Crippen molar-refractivity contribution in [2.45, 2.75) is 309 Å². The predicted octanol–water partition coefficient (Wildman–Crippen LogP) is 16.7. The van der Waals surface area contributed by atoms with Crippen molar-refractivity contribution < 1.29 is 24.5 Å². The van der Waals surface area contributed by atoms with Crippen LogP contribution < -0.4 is 5.32 Å². The number of aliphatic hydroxyl groups is 2. The molecule has 6 heteroatoms. The summed E-state index contributed by atoms with van der Waals surface area (Å²) in [7, 11) is 0. The molecule has 0 saturated carbocycles. The predicted molar refractivity (Wildman–Crippen MR) is 269 cm³/mol. The van der Waals surface area contributed by atoms with Gasteiger partial charge in [0.25, 0.3) is 0 Å². The largest absolute Gasteiger partial charge is 0.466 e. The molecule has 366 valence electrons. The van der Waals surface area contributed by atoms with Gasteiger partial charge in [0.2, 0.25) is 5.91 Å². The summed E-state index contributed by atoms with van der Waals surface area (Å²) < 4.78 is 5.46. The Kier molecular flexibility index (Phi) is 50.6. The first-order valence-electron chi connectivity index (χ1n) is 27.6. The van der Waals surface area contributed by atoms with Gasteiger partial charge in [-0.1, -0.05) is 231 Å². The van der Waals surface area contributed by atoms with E-state index >= 15 is 0 Å². The average molecular weight is 874 g/mol. The second-order valence-corrected chi connectivity index (χ2v) is 18.9. The lowest BCUT2D eigenvalue weighted by Crippen LogP contribution is -2.45. The molecule has 0 aromatic heterocycles. The van der Waals surface area contributed by atoms with E-state index in [0.29, 0.717) is 25.9 Å². The van der Waals surface area contributed by atoms with E-state index in [0.717, 1.165) is 57.8 Å². The molecule has 0 aromatic rings. The minimum absolute atomic E-state index is 0.00564. The summed E-state index contributed by atoms with van der Waals surface area (Å²) in [5, 5.41) is 23.2. The van der Waals surface area contributed by atoms with Gasteiger partial charge < -0.3 is 20.3 Å². The number of nitrogens with one attached hydrogen (secondary N) is 1. The van der Waals surface area contributed by atoms with Crippen LogP contribution in [0.5, 0.6) is 0 Å². The highest BCUT2D eigenvalue weighted by molar-refractivity contribution is 5.76. The van der Waals surface area contributed by atoms with Crippen LogP contribution in [0.2, 0.25) is 0 Å². The summed E-state index contributed by atoms with van der Waals surface area (Å²) in [6, 6.07) is -0.550. The van der Waals surface area contributed by atoms with Crippen LogP contribution in [0, 0.1) is 0 Å². The maximum Gasteiger partial charge on any atom is 0.305 e. The summed E-state index contributed by atoms with van der Waals surface area (Å²) in [5.74, 6) is -0.0550. The zero-order valence-corrected chi connectivity index (χ0v) is 41.6. The number of allylic oxidation sites excluding steroid dienone is 4. The van der Waals surface area contributed by atoms with Crippen LogP contribution in [0.15, 0.2) is 24.3 Å². The summed E-state index contributed by atoms with van der Waals surface area (Å²) >= 11 is 0. The van der Waals surface area contributed by atoms with Gasteiger partial charge in [-0.15, -0.1) is 0 Å². The molecule has 2 unspecified atom stereocenters. The Bertz CT molecular complexity index is 966. The van der Waals surface area contributed by atoms with Crippen molar-refractivity contribution in [1.82, 2.24) is 5.32 Å². The van der Waals surface area contributed by atoms with Crippen molar-refractivity contribution in [3.8, 4) is 0 Å². The summed E-state index contributed by atoms with van der Waals surface area (Å²) in [6.07, 6.45) is 61.6. The third kappa shape index (κ3) is 47.8. The number of esters is 1. The van der Waals surface area contributed by atoms with Crippen LogP contribution in [0.25, 0.3) is 0 Å². The average Bonchev–Trinajstić information content (AvgIpc) is 3.27. The Morgan fingerprint density at radius 2 is 0.758 bits per heavy atom. The fourth-order valence-electron chi connectivity index (χ4n) is 8.45. The van der Waals surface area contributed by atoms with E-state index in [2.05, 4.69) is 43.5 Å². The quantitative estimate of drug-likeness (QED) is 0.0321. The molecule has 0 radical (unpaired) electrons. The lowest BCUT2D eigenvalue weighted by molar-refractivity contribution is -0.143. The van der Waals surface area contributed by atoms with E-state index < -0.39 is 12.1 Å². The topological polar surface area (TPSA) is 95.9 Å². The Hall–Kier alpha value is -1.66. The number of aliphatic hydroxyl groups excluding tert-OH is 2. The van der Waals surface area contributed by atoms with Crippen molar-refractivity contribution >= 4 is 11.9 Å². The fraction of sp³-hybridized carbons (Fsp3) is 0.893. The van der Waals surface area contributed by atoms with Crippen LogP contribution in [0.1, 0.15) is 296 Å². The van der Waals surface area contributed by atoms with Crippen LogP contribution >= 0.6 is 0 Å². The Labute approximate surface area is 386 Å². The van der Waals surface area contributed by atoms with Gasteiger partial charge >= 0.3 is 5.97 Å². The van der Waals surface area contributed by atoms with Crippen molar-refractivity contribution in [2.75, 3.05) is 13.2 Å². The van der Waals surface area contributed by atoms with Gasteiger partial charge in [0, 0.05) is 12.8 Å². The van der Waals surface area contributed by atoms with Crippen molar-refractivity contribution in [3.05, 3.63) is 24.3 Å². The number of carbonyl (C=O) groups excluding carboxylic acids is 2. The van der Waals surface area contributed by atoms with Crippen LogP contribution in [-0.2, 0) is 14.3 Å². The van der Waals surface area contributed by atoms with Gasteiger partial charge in [-0.05, 0) is 77.0 Å². The Morgan fingerprint density at radius 1 is 0.435 bits per heavy atom. The minimum Gasteiger partial charge on any atom is -0.466 e. The lowest BCUT2D eigenvalue weighted by Gasteiger charge is -2.22. The maximum atomic E-state index is 12.4. The third-order valence-corrected chi connectivity index (χ3v) is 12.7. The normalized spacial score (nSPS) is 12.8. The minimum atomic E-state index is -0.672. The third-order valence-electron chi connectivity index (χ3n) is 12.7. The molecule has 0 aliphatic heterocycles. The molecule has 0 aliphatic rings. The highest BCUT2D eigenvalue weighted by Gasteiger charge is 2.20. The monoisotopic (exact) mass is 874 g/mol. The second kappa shape index (κ2) is 52.0. The number of hydrogen-bond acceptors (Lipinski definition) is 5. The Morgan fingerprint density at radius 3 is 1.15 bits per heavy atom. The molecule has 0 aliphatic carbocycles. The maximum absolute atomic E-state index is 12.4. The molecule has 1 amide bonds. The van der Waals surface area contributed by atoms with E-state index in [9.17, 15) is 19.8 Å². The molecule has 0 heterocycles. The zero-order chi connectivity index (χ0) is 45.1. The van der Waals surface area contributed by atoms with Gasteiger partial charge in [0.1, 0.15) is 0 Å². The highest BCUT2D eigenvalue weighted by atomic mass is 16.5. The first-order chi connectivity index (χ1) is 30.5. The fourth-order valence-corrected chi connectivity index (χ4v) is 8.45. The molecule has 0 saturated heterocycles. The number of rotatable bonds is 51. The smallest absolute Gasteiger partial charge is 0.305 e. The molecule has 0 fully saturated rings. The summed E-state index contributed by atoms with van der Waals surface area (Å²) in [6.45, 7) is 4.92. The zero-order valence-electron chi connectivity index (χ0n) is 41.6. The van der Waals surface area contributed by atoms with E-state index in [1.54, 1.807) is 0 Å². The molecule has 0 rings (SSSR count). The number of hydrogen-bond donors (Lipinski definition) is 3. The van der Waals surface area contributed by atoms with Crippen LogP contribution in [0.4, 0.5) is 0 Å². The molecule has 0 bridgehead atoms. The number of amides is 1. The molecule has 2 atom stereocenters. The molecule has 6 nitrogen and oxygen atoms in total. The van der Waals surface area contributed by atoms with E-state index in [-0.39, 0.29) is 18.5 Å². The molecular weight excluding hydrogens is 767 g/mol. The number of ether oxygens (including phenoxy) is 1. The number of carbonyl (C=O) groups is 2. The summed E-state index contributed by atoms with van der Waals surface area (Å²) in [4.78, 5) is 24.5. The SMILES string of the molecule is CCCCCCC/C=C\CCCCCCCC(=O)OCCCCCCCCCCC/C=C\CCCCCCCC(=O)NC(CO)C(O)CCCCCCCCCCCCCCC. The standard InChI is InChI=1S/C56H107NO5/c1-3-5-7-9-11-13-15-17-26-30-34-38-42-46-50-56(61)62-51-47-43-39-35-31-27-23-21-19-18-20-22-25-29-33-37-41-45-49-55(60)57-53(52-58)54(59)48-44-40-36-32-28-24-16-14-12-10-8-6-4-2/h15,17,20,22,53-54,58-59H,3-14,16,18-19,21,23-52H2,1-2H3,(H,57,60)/b17-15-,22-20-. The van der Waals surface area contributed by atoms with E-state index in [4.69, 9.17) is 4.74 Å². The molecular formula is C56H107NO5. The van der Waals surface area contributed by atoms with Crippen LogP contribution in [-0.4, -0.2) is 47.4 Å². The lowest BCUT2D eigenvalue weighted by atomic mass is 10.0. The number of unbranched alkanes of at least 4 members (excludes halogenated alkanes) is 36.